The number of rotatable bonds is 7. The zero-order valence-electron chi connectivity index (χ0n) is 11.6. The van der Waals surface area contributed by atoms with Crippen LogP contribution in [0.15, 0.2) is 33.7 Å². The van der Waals surface area contributed by atoms with Crippen LogP contribution in [0.3, 0.4) is 0 Å². The summed E-state index contributed by atoms with van der Waals surface area (Å²) < 4.78 is 18.0. The number of benzene rings is 1. The average molecular weight is 295 g/mol. The molecule has 0 saturated heterocycles. The van der Waals surface area contributed by atoms with Gasteiger partial charge in [0, 0.05) is 29.5 Å². The number of hydrogen-bond donors (Lipinski definition) is 1. The summed E-state index contributed by atoms with van der Waals surface area (Å²) in [6.07, 6.45) is 1.47. The van der Waals surface area contributed by atoms with Gasteiger partial charge in [-0.25, -0.2) is 4.39 Å². The van der Waals surface area contributed by atoms with Crippen LogP contribution in [0.4, 0.5) is 4.39 Å². The predicted molar refractivity (Wildman–Crippen MR) is 77.4 cm³/mol. The van der Waals surface area contributed by atoms with Crippen LogP contribution in [0, 0.1) is 5.82 Å². The maximum absolute atomic E-state index is 12.8. The van der Waals surface area contributed by atoms with E-state index in [1.54, 1.807) is 23.9 Å². The van der Waals surface area contributed by atoms with Gasteiger partial charge in [-0.15, -0.1) is 11.8 Å². The molecule has 1 heterocycles. The molecule has 6 heteroatoms. The molecule has 0 aliphatic carbocycles. The fraction of sp³-hybridized carbons (Fsp3) is 0.429. The highest BCUT2D eigenvalue weighted by molar-refractivity contribution is 7.99. The SMILES string of the molecule is CNC(C)Cc1noc(CCSc2ccc(F)cc2)n1. The molecular weight excluding hydrogens is 277 g/mol. The van der Waals surface area contributed by atoms with Gasteiger partial charge >= 0.3 is 0 Å². The molecule has 108 valence electrons. The molecule has 0 radical (unpaired) electrons. The first kappa shape index (κ1) is 15.0. The minimum atomic E-state index is -0.213. The fourth-order valence-electron chi connectivity index (χ4n) is 1.64. The molecule has 2 aromatic rings. The van der Waals surface area contributed by atoms with Crippen molar-refractivity contribution in [3.05, 3.63) is 41.8 Å². The Bertz CT molecular complexity index is 529. The van der Waals surface area contributed by atoms with Crippen molar-refractivity contribution in [2.24, 2.45) is 0 Å². The monoisotopic (exact) mass is 295 g/mol. The van der Waals surface area contributed by atoms with Crippen LogP contribution >= 0.6 is 11.8 Å². The molecule has 0 bridgehead atoms. The van der Waals surface area contributed by atoms with Crippen molar-refractivity contribution in [2.45, 2.75) is 30.7 Å². The van der Waals surface area contributed by atoms with E-state index in [4.69, 9.17) is 4.52 Å². The van der Waals surface area contributed by atoms with E-state index in [-0.39, 0.29) is 5.82 Å². The van der Waals surface area contributed by atoms with Crippen molar-refractivity contribution in [3.8, 4) is 0 Å². The second-order valence-electron chi connectivity index (χ2n) is 4.55. The highest BCUT2D eigenvalue weighted by Crippen LogP contribution is 2.19. The van der Waals surface area contributed by atoms with Crippen LogP contribution in [-0.2, 0) is 12.8 Å². The summed E-state index contributed by atoms with van der Waals surface area (Å²) in [4.78, 5) is 5.39. The highest BCUT2D eigenvalue weighted by Gasteiger charge is 2.09. The first-order chi connectivity index (χ1) is 9.67. The minimum absolute atomic E-state index is 0.213. The number of nitrogens with zero attached hydrogens (tertiary/aromatic N) is 2. The third-order valence-corrected chi connectivity index (χ3v) is 3.90. The largest absolute Gasteiger partial charge is 0.339 e. The van der Waals surface area contributed by atoms with Crippen LogP contribution in [0.1, 0.15) is 18.6 Å². The van der Waals surface area contributed by atoms with Crippen molar-refractivity contribution in [3.63, 3.8) is 0 Å². The van der Waals surface area contributed by atoms with Gasteiger partial charge in [0.25, 0.3) is 0 Å². The topological polar surface area (TPSA) is 51.0 Å². The lowest BCUT2D eigenvalue weighted by Gasteiger charge is -2.04. The number of nitrogens with one attached hydrogen (secondary N) is 1. The second-order valence-corrected chi connectivity index (χ2v) is 5.72. The molecular formula is C14H18FN3OS. The normalized spacial score (nSPS) is 12.6. The van der Waals surface area contributed by atoms with Gasteiger partial charge in [0.05, 0.1) is 0 Å². The molecule has 0 saturated carbocycles. The Balaban J connectivity index is 1.78. The van der Waals surface area contributed by atoms with Crippen LogP contribution in [0.2, 0.25) is 0 Å². The van der Waals surface area contributed by atoms with Crippen LogP contribution in [-0.4, -0.2) is 29.0 Å². The van der Waals surface area contributed by atoms with Gasteiger partial charge in [-0.2, -0.15) is 4.98 Å². The summed E-state index contributed by atoms with van der Waals surface area (Å²) in [5, 5.41) is 7.09. The van der Waals surface area contributed by atoms with E-state index in [1.165, 1.54) is 12.1 Å². The third-order valence-electron chi connectivity index (χ3n) is 2.89. The molecule has 1 aromatic carbocycles. The molecule has 0 spiro atoms. The van der Waals surface area contributed by atoms with Gasteiger partial charge in [0.15, 0.2) is 5.82 Å². The Kier molecular flexibility index (Phi) is 5.55. The van der Waals surface area contributed by atoms with E-state index >= 15 is 0 Å². The summed E-state index contributed by atoms with van der Waals surface area (Å²) in [5.74, 6) is 2.00. The molecule has 1 atom stereocenters. The summed E-state index contributed by atoms with van der Waals surface area (Å²) in [6, 6.07) is 6.80. The van der Waals surface area contributed by atoms with Crippen LogP contribution in [0.5, 0.6) is 0 Å². The molecule has 0 aliphatic rings. The molecule has 1 aromatic heterocycles. The third kappa shape index (κ3) is 4.61. The Morgan fingerprint density at radius 2 is 2.10 bits per heavy atom. The van der Waals surface area contributed by atoms with Crippen molar-refractivity contribution in [1.29, 1.82) is 0 Å². The molecule has 0 fully saturated rings. The predicted octanol–water partition coefficient (Wildman–Crippen LogP) is 2.69. The molecule has 0 aliphatic heterocycles. The standard InChI is InChI=1S/C14H18FN3OS/c1-10(16-2)9-13-17-14(19-18-13)7-8-20-12-5-3-11(15)4-6-12/h3-6,10,16H,7-9H2,1-2H3. The number of aromatic nitrogens is 2. The zero-order valence-corrected chi connectivity index (χ0v) is 12.4. The van der Waals surface area contributed by atoms with E-state index < -0.39 is 0 Å². The van der Waals surface area contributed by atoms with Crippen molar-refractivity contribution in [2.75, 3.05) is 12.8 Å². The lowest BCUT2D eigenvalue weighted by Crippen LogP contribution is -2.24. The molecule has 2 rings (SSSR count). The molecule has 4 nitrogen and oxygen atoms in total. The zero-order chi connectivity index (χ0) is 14.4. The molecule has 20 heavy (non-hydrogen) atoms. The first-order valence-corrected chi connectivity index (χ1v) is 7.53. The van der Waals surface area contributed by atoms with E-state index in [0.29, 0.717) is 18.4 Å². The summed E-state index contributed by atoms with van der Waals surface area (Å²) in [6.45, 7) is 2.07. The Morgan fingerprint density at radius 3 is 2.80 bits per heavy atom. The lowest BCUT2D eigenvalue weighted by atomic mass is 10.2. The summed E-state index contributed by atoms with van der Waals surface area (Å²) >= 11 is 1.64. The van der Waals surface area contributed by atoms with Gasteiger partial charge in [-0.05, 0) is 38.2 Å². The highest BCUT2D eigenvalue weighted by atomic mass is 32.2. The number of likely N-dealkylation sites (N-methyl/N-ethyl adjacent to an activating group) is 1. The molecule has 0 amide bonds. The second kappa shape index (κ2) is 7.40. The number of hydrogen-bond acceptors (Lipinski definition) is 5. The quantitative estimate of drug-likeness (QED) is 0.796. The van der Waals surface area contributed by atoms with Crippen molar-refractivity contribution >= 4 is 11.8 Å². The van der Waals surface area contributed by atoms with Gasteiger partial charge in [-0.1, -0.05) is 5.16 Å². The van der Waals surface area contributed by atoms with E-state index in [1.807, 2.05) is 7.05 Å². The Hall–Kier alpha value is -1.40. The summed E-state index contributed by atoms with van der Waals surface area (Å²) in [5.41, 5.74) is 0. The lowest BCUT2D eigenvalue weighted by molar-refractivity contribution is 0.375. The van der Waals surface area contributed by atoms with Crippen LogP contribution < -0.4 is 5.32 Å². The minimum Gasteiger partial charge on any atom is -0.339 e. The number of halogens is 1. The number of thioether (sulfide) groups is 1. The van der Waals surface area contributed by atoms with Gasteiger partial charge < -0.3 is 9.84 Å². The van der Waals surface area contributed by atoms with E-state index in [2.05, 4.69) is 22.4 Å². The Labute approximate surface area is 122 Å². The maximum atomic E-state index is 12.8. The van der Waals surface area contributed by atoms with Crippen LogP contribution in [0.25, 0.3) is 0 Å². The van der Waals surface area contributed by atoms with Gasteiger partial charge in [0.1, 0.15) is 5.82 Å². The van der Waals surface area contributed by atoms with Crippen molar-refractivity contribution in [1.82, 2.24) is 15.5 Å². The van der Waals surface area contributed by atoms with Crippen molar-refractivity contribution < 1.29 is 8.91 Å². The first-order valence-electron chi connectivity index (χ1n) is 6.54. The Morgan fingerprint density at radius 1 is 1.35 bits per heavy atom. The van der Waals surface area contributed by atoms with Gasteiger partial charge in [0.2, 0.25) is 5.89 Å². The summed E-state index contributed by atoms with van der Waals surface area (Å²) in [7, 11) is 1.91. The van der Waals surface area contributed by atoms with E-state index in [9.17, 15) is 4.39 Å². The molecule has 1 N–H and O–H groups in total. The van der Waals surface area contributed by atoms with E-state index in [0.717, 1.165) is 22.9 Å². The molecule has 1 unspecified atom stereocenters. The average Bonchev–Trinajstić information content (AvgIpc) is 2.88. The number of aryl methyl sites for hydroxylation is 1. The fourth-order valence-corrected chi connectivity index (χ4v) is 2.48. The smallest absolute Gasteiger partial charge is 0.227 e. The maximum Gasteiger partial charge on any atom is 0.227 e. The van der Waals surface area contributed by atoms with Gasteiger partial charge in [-0.3, -0.25) is 0 Å².